The second kappa shape index (κ2) is 36.4. The van der Waals surface area contributed by atoms with Crippen LogP contribution in [-0.2, 0) is 70.0 Å². The van der Waals surface area contributed by atoms with E-state index in [2.05, 4.69) is 169 Å². The van der Waals surface area contributed by atoms with E-state index in [4.69, 9.17) is 37.9 Å². The predicted molar refractivity (Wildman–Crippen MR) is 532 cm³/mol. The van der Waals surface area contributed by atoms with Crippen molar-refractivity contribution >= 4 is 53.9 Å². The largest absolute Gasteiger partial charge is 0.348 e. The van der Waals surface area contributed by atoms with Gasteiger partial charge in [-0.25, -0.2) is 45.4 Å². The molecule has 25 heteroatoms. The van der Waals surface area contributed by atoms with Crippen LogP contribution < -0.4 is 0 Å². The molecule has 5 saturated heterocycles. The molecule has 0 radical (unpaired) electrons. The van der Waals surface area contributed by atoms with E-state index in [1.54, 1.807) is 54.1 Å². The number of nitrogens with zero attached hydrogens (tertiary/aromatic N) is 10. The molecular weight excluding hydrogens is 1780 g/mol. The molecule has 10 heterocycles. The molecule has 5 saturated carbocycles. The van der Waals surface area contributed by atoms with E-state index < -0.39 is 23.1 Å². The molecule has 728 valence electrons. The van der Waals surface area contributed by atoms with E-state index in [-0.39, 0.29) is 98.2 Å². The Labute approximate surface area is 816 Å². The normalized spacial score (nSPS) is 30.4. The van der Waals surface area contributed by atoms with Crippen LogP contribution >= 0.6 is 23.5 Å². The highest BCUT2D eigenvalue weighted by Gasteiger charge is 2.64. The zero-order valence-corrected chi connectivity index (χ0v) is 83.7. The Morgan fingerprint density at radius 2 is 0.500 bits per heavy atom. The number of thioether (sulfide) groups is 2. The molecule has 2 unspecified atom stereocenters. The van der Waals surface area contributed by atoms with Crippen LogP contribution in [0.4, 0.5) is 22.0 Å². The Bertz CT molecular complexity index is 5970. The summed E-state index contributed by atoms with van der Waals surface area (Å²) in [6, 6.07) is 32.6. The first-order valence-electron chi connectivity index (χ1n) is 50.5. The third-order valence-corrected chi connectivity index (χ3v) is 37.2. The number of benzene rings is 5. The van der Waals surface area contributed by atoms with Gasteiger partial charge in [0.2, 0.25) is 0 Å². The summed E-state index contributed by atoms with van der Waals surface area (Å²) in [7, 11) is 0. The van der Waals surface area contributed by atoms with Crippen LogP contribution in [0, 0.1) is 61.6 Å². The molecule has 0 bridgehead atoms. The first-order chi connectivity index (χ1) is 66.1. The minimum absolute atomic E-state index is 0.0518. The molecule has 0 amide bonds. The summed E-state index contributed by atoms with van der Waals surface area (Å²) in [5.41, 5.74) is 22.6. The van der Waals surface area contributed by atoms with Crippen molar-refractivity contribution in [2.75, 3.05) is 24.7 Å². The summed E-state index contributed by atoms with van der Waals surface area (Å²) in [6.45, 7) is 30.4. The molecule has 5 aromatic heterocycles. The maximum absolute atomic E-state index is 13.3. The van der Waals surface area contributed by atoms with Gasteiger partial charge in [0.15, 0.2) is 23.1 Å². The Hall–Kier alpha value is -9.12. The molecule has 25 rings (SSSR count). The molecule has 5 aliphatic heterocycles. The highest BCUT2D eigenvalue weighted by molar-refractivity contribution is 8.18. The van der Waals surface area contributed by atoms with Crippen molar-refractivity contribution in [3.63, 3.8) is 0 Å². The average Bonchev–Trinajstić information content (AvgIpc) is 1.32. The van der Waals surface area contributed by atoms with Gasteiger partial charge in [0, 0.05) is 58.2 Å². The fourth-order valence-corrected chi connectivity index (χ4v) is 30.0. The fourth-order valence-electron chi connectivity index (χ4n) is 26.1. The van der Waals surface area contributed by atoms with Crippen molar-refractivity contribution in [3.05, 3.63) is 266 Å². The maximum atomic E-state index is 13.3. The van der Waals surface area contributed by atoms with Crippen LogP contribution in [0.3, 0.4) is 0 Å². The van der Waals surface area contributed by atoms with Crippen molar-refractivity contribution < 1.29 is 59.8 Å². The highest BCUT2D eigenvalue weighted by Crippen LogP contribution is 2.67. The zero-order valence-electron chi connectivity index (χ0n) is 82.0. The van der Waals surface area contributed by atoms with Gasteiger partial charge in [-0.2, -0.15) is 25.5 Å². The summed E-state index contributed by atoms with van der Waals surface area (Å²) in [6.07, 6.45) is 46.9. The standard InChI is InChI=1S/4C23H27FN2O2.C21H23FN2S2/c1-21(2)14-27-23(28-15-21)10-4-5-17-11-20-16(12-22(17,23)3)13-25-26(20)19-8-6-18(24)7-9-19;3*1-15-11-16(2)28-23(27-15)10-4-5-18-12-21-17(13-22(18,23)3)14-25-26(21)20-8-6-19(24)7-9-20;1-20-13-15-14-23-24(18-7-5-17(22)6-8-18)19(15)12-16(20)4-2-9-21(20)25-10-3-11-26-21/h6-9,11,13H,4-5,10,12,14-15H2,1-3H3;3*6-9,12,14-16H,4-5,10-11,13H2,1-3H3;5-8,12,14H,2-4,9-11,13H2,1H3/t22-;15-,16+,22-,23?;15-,16-,22+;15-,16-,22-;/m0010./s1. The summed E-state index contributed by atoms with van der Waals surface area (Å²) in [5, 5.41) is 23.1. The summed E-state index contributed by atoms with van der Waals surface area (Å²) >= 11 is 4.41. The molecule has 18 nitrogen and oxygen atoms in total. The predicted octanol–water partition coefficient (Wildman–Crippen LogP) is 25.8. The molecule has 12 atom stereocenters. The van der Waals surface area contributed by atoms with Crippen molar-refractivity contribution in [2.24, 2.45) is 32.5 Å². The van der Waals surface area contributed by atoms with E-state index in [1.165, 1.54) is 154 Å². The van der Waals surface area contributed by atoms with Gasteiger partial charge in [-0.05, 0) is 361 Å². The highest BCUT2D eigenvalue weighted by atomic mass is 32.2. The van der Waals surface area contributed by atoms with Gasteiger partial charge >= 0.3 is 0 Å². The van der Waals surface area contributed by atoms with E-state index in [1.807, 2.05) is 66.5 Å². The number of halogens is 5. The number of aromatic nitrogens is 10. The molecule has 10 aromatic rings. The number of hydrogen-bond donors (Lipinski definition) is 0. The fraction of sp³-hybridized carbons (Fsp3) is 0.513. The SMILES string of the molecule is CC1(C)COC2(CCCC3=Cc4c(cnn4-c4ccc(F)cc4)C[C@@]32C)OC1.CC12Cc3cnn(-c4ccc(F)cc4)c3C=C1CCCC21SCCCS1.C[C@@H]1C[C@@H](C)OC2(CCCC3=Cc4c(cnn4-c4ccc(F)cc4)C[C@@]32C)O1.C[C@@H]1C[C@H](C)OC2(CCCC3=Cc4c(cnn4-c4ccc(F)cc4)C[C@@]32C)O1.C[C@H]1C[C@H](C)OC2(CCCC3=Cc4c(cnn4-c4ccc(F)cc4)C[C@@]32C)O1. The van der Waals surface area contributed by atoms with E-state index in [0.29, 0.717) is 4.08 Å². The first kappa shape index (κ1) is 95.1. The monoisotopic (exact) mass is 1910 g/mol. The topological polar surface area (TPSA) is 163 Å². The van der Waals surface area contributed by atoms with Crippen molar-refractivity contribution in [3.8, 4) is 28.4 Å². The maximum Gasteiger partial charge on any atom is 0.178 e. The summed E-state index contributed by atoms with van der Waals surface area (Å²) in [5.74, 6) is -0.824. The molecule has 5 spiro atoms. The van der Waals surface area contributed by atoms with Gasteiger partial charge in [0.1, 0.15) is 29.1 Å². The van der Waals surface area contributed by atoms with Crippen LogP contribution in [0.5, 0.6) is 0 Å². The Morgan fingerprint density at radius 3 is 0.754 bits per heavy atom. The van der Waals surface area contributed by atoms with Crippen LogP contribution in [0.25, 0.3) is 58.8 Å². The lowest BCUT2D eigenvalue weighted by atomic mass is 9.61. The van der Waals surface area contributed by atoms with Crippen LogP contribution in [0.15, 0.2) is 180 Å². The Morgan fingerprint density at radius 1 is 0.283 bits per heavy atom. The lowest BCUT2D eigenvalue weighted by Gasteiger charge is -2.57. The molecule has 10 aliphatic carbocycles. The Kier molecular flexibility index (Phi) is 25.1. The first-order valence-corrected chi connectivity index (χ1v) is 52.4. The number of allylic oxidation sites excluding steroid dienone is 1. The molecule has 5 aromatic carbocycles. The number of hydrogen-bond acceptors (Lipinski definition) is 15. The van der Waals surface area contributed by atoms with E-state index in [0.717, 1.165) is 193 Å². The third-order valence-electron chi connectivity index (χ3n) is 33.3. The van der Waals surface area contributed by atoms with Crippen LogP contribution in [-0.4, -0.2) is 137 Å². The van der Waals surface area contributed by atoms with Crippen molar-refractivity contribution in [1.29, 1.82) is 0 Å². The second-order valence-corrected chi connectivity index (χ2v) is 46.8. The molecule has 10 fully saturated rings. The van der Waals surface area contributed by atoms with Crippen molar-refractivity contribution in [2.45, 2.75) is 308 Å². The van der Waals surface area contributed by atoms with Gasteiger partial charge in [-0.3, -0.25) is 0 Å². The second-order valence-electron chi connectivity index (χ2n) is 43.7. The average molecular weight is 1920 g/mol. The molecular formula is C113H131F5N10O8S2. The number of ether oxygens (including phenoxy) is 8. The summed E-state index contributed by atoms with van der Waals surface area (Å²) < 4.78 is 129. The van der Waals surface area contributed by atoms with E-state index >= 15 is 0 Å². The molecule has 0 N–H and O–H groups in total. The number of fused-ring (bicyclic) bond motifs is 15. The smallest absolute Gasteiger partial charge is 0.178 e. The lowest BCUT2D eigenvalue weighted by Crippen LogP contribution is -2.60. The lowest BCUT2D eigenvalue weighted by molar-refractivity contribution is -0.358. The van der Waals surface area contributed by atoms with Gasteiger partial charge in [0.25, 0.3) is 0 Å². The number of rotatable bonds is 5. The molecule has 138 heavy (non-hydrogen) atoms. The minimum atomic E-state index is -0.566. The quantitative estimate of drug-likeness (QED) is 0.149. The Balaban J connectivity index is 0.000000103. The zero-order chi connectivity index (χ0) is 95.9. The van der Waals surface area contributed by atoms with Gasteiger partial charge in [-0.1, -0.05) is 76.3 Å². The van der Waals surface area contributed by atoms with E-state index in [9.17, 15) is 22.0 Å². The van der Waals surface area contributed by atoms with Gasteiger partial charge < -0.3 is 37.9 Å². The van der Waals surface area contributed by atoms with Crippen LogP contribution in [0.1, 0.15) is 268 Å². The minimum Gasteiger partial charge on any atom is -0.348 e. The van der Waals surface area contributed by atoms with Gasteiger partial charge in [-0.15, -0.1) is 23.5 Å². The van der Waals surface area contributed by atoms with Gasteiger partial charge in [0.05, 0.1) is 142 Å². The van der Waals surface area contributed by atoms with Crippen LogP contribution in [0.2, 0.25) is 0 Å². The third kappa shape index (κ3) is 16.7. The summed E-state index contributed by atoms with van der Waals surface area (Å²) in [4.78, 5) is 0. The molecule has 15 aliphatic rings. The van der Waals surface area contributed by atoms with Crippen molar-refractivity contribution in [1.82, 2.24) is 48.9 Å².